The second-order valence-corrected chi connectivity index (χ2v) is 7.57. The summed E-state index contributed by atoms with van der Waals surface area (Å²) in [4.78, 5) is 11.0. The Morgan fingerprint density at radius 1 is 0.833 bits per heavy atom. The number of hydrogen-bond acceptors (Lipinski definition) is 3. The van der Waals surface area contributed by atoms with Crippen molar-refractivity contribution in [3.63, 3.8) is 0 Å². The number of fused-ring (bicyclic) bond motifs is 1. The van der Waals surface area contributed by atoms with E-state index in [1.165, 1.54) is 5.56 Å². The summed E-state index contributed by atoms with van der Waals surface area (Å²) in [5.74, 6) is 2.61. The van der Waals surface area contributed by atoms with E-state index in [4.69, 9.17) is 9.47 Å². The number of ether oxygens (including phenoxy) is 2. The second-order valence-electron chi connectivity index (χ2n) is 7.57. The van der Waals surface area contributed by atoms with Crippen LogP contribution in [-0.2, 0) is 0 Å². The van der Waals surface area contributed by atoms with Crippen LogP contribution in [0.1, 0.15) is 35.7 Å². The molecule has 0 aliphatic carbocycles. The van der Waals surface area contributed by atoms with Gasteiger partial charge in [0.2, 0.25) is 0 Å². The fourth-order valence-electron chi connectivity index (χ4n) is 3.70. The van der Waals surface area contributed by atoms with Gasteiger partial charge in [-0.2, -0.15) is 0 Å². The van der Waals surface area contributed by atoms with Gasteiger partial charge in [0.05, 0.1) is 7.11 Å². The number of carbonyl (C=O) groups is 1. The molecule has 4 rings (SSSR count). The fourth-order valence-corrected chi connectivity index (χ4v) is 3.70. The van der Waals surface area contributed by atoms with Crippen molar-refractivity contribution in [2.45, 2.75) is 19.8 Å². The average Bonchev–Trinajstić information content (AvgIpc) is 2.79. The summed E-state index contributed by atoms with van der Waals surface area (Å²) in [6.07, 6.45) is 0.834. The van der Waals surface area contributed by atoms with Crippen molar-refractivity contribution in [1.82, 2.24) is 0 Å². The van der Waals surface area contributed by atoms with Crippen LogP contribution in [-0.4, -0.2) is 13.4 Å². The van der Waals surface area contributed by atoms with Gasteiger partial charge in [-0.15, -0.1) is 0 Å². The highest BCUT2D eigenvalue weighted by Gasteiger charge is 2.19. The molecule has 4 aromatic carbocycles. The van der Waals surface area contributed by atoms with Gasteiger partial charge in [-0.05, 0) is 71.0 Å². The summed E-state index contributed by atoms with van der Waals surface area (Å²) in [5.41, 5.74) is 4.03. The SMILES string of the molecule is COc1ccc2c(Oc3ccc(C=O)cc3)c(-c3ccccc3)c(C(C)C)cc2c1. The molecule has 0 N–H and O–H groups in total. The Morgan fingerprint density at radius 2 is 1.53 bits per heavy atom. The third kappa shape index (κ3) is 3.79. The molecule has 0 unspecified atom stereocenters. The summed E-state index contributed by atoms with van der Waals surface area (Å²) in [6, 6.07) is 25.8. The van der Waals surface area contributed by atoms with Gasteiger partial charge in [-0.3, -0.25) is 4.79 Å². The maximum atomic E-state index is 11.0. The number of methoxy groups -OCH3 is 1. The quantitative estimate of drug-likeness (QED) is 0.322. The zero-order valence-corrected chi connectivity index (χ0v) is 17.4. The van der Waals surface area contributed by atoms with E-state index < -0.39 is 0 Å². The topological polar surface area (TPSA) is 35.5 Å². The molecular formula is C27H24O3. The predicted octanol–water partition coefficient (Wildman–Crippen LogP) is 7.24. The van der Waals surface area contributed by atoms with E-state index in [1.807, 2.05) is 48.5 Å². The minimum Gasteiger partial charge on any atom is -0.497 e. The lowest BCUT2D eigenvalue weighted by Gasteiger charge is -2.21. The Morgan fingerprint density at radius 3 is 2.17 bits per heavy atom. The zero-order valence-electron chi connectivity index (χ0n) is 17.4. The largest absolute Gasteiger partial charge is 0.497 e. The smallest absolute Gasteiger partial charge is 0.150 e. The maximum Gasteiger partial charge on any atom is 0.150 e. The Balaban J connectivity index is 2.00. The van der Waals surface area contributed by atoms with E-state index in [2.05, 4.69) is 32.0 Å². The van der Waals surface area contributed by atoms with Crippen molar-refractivity contribution in [2.75, 3.05) is 7.11 Å². The van der Waals surface area contributed by atoms with Crippen molar-refractivity contribution in [2.24, 2.45) is 0 Å². The highest BCUT2D eigenvalue weighted by molar-refractivity contribution is 5.98. The summed E-state index contributed by atoms with van der Waals surface area (Å²) in [5, 5.41) is 2.08. The third-order valence-corrected chi connectivity index (χ3v) is 5.25. The molecule has 30 heavy (non-hydrogen) atoms. The van der Waals surface area contributed by atoms with E-state index in [9.17, 15) is 4.79 Å². The van der Waals surface area contributed by atoms with Crippen molar-refractivity contribution in [1.29, 1.82) is 0 Å². The van der Waals surface area contributed by atoms with Crippen molar-refractivity contribution in [3.05, 3.63) is 90.0 Å². The molecule has 0 radical (unpaired) electrons. The van der Waals surface area contributed by atoms with Crippen LogP contribution in [0.3, 0.4) is 0 Å². The molecule has 0 amide bonds. The molecule has 0 heterocycles. The lowest BCUT2D eigenvalue weighted by molar-refractivity contribution is 0.112. The van der Waals surface area contributed by atoms with Crippen LogP contribution in [0.4, 0.5) is 0 Å². The number of benzene rings is 4. The summed E-state index contributed by atoms with van der Waals surface area (Å²) < 4.78 is 11.9. The zero-order chi connectivity index (χ0) is 21.1. The molecule has 3 heteroatoms. The monoisotopic (exact) mass is 396 g/mol. The molecule has 0 atom stereocenters. The van der Waals surface area contributed by atoms with E-state index in [0.29, 0.717) is 17.2 Å². The number of rotatable bonds is 6. The van der Waals surface area contributed by atoms with Gasteiger partial charge in [0.1, 0.15) is 23.5 Å². The molecule has 4 aromatic rings. The summed E-state index contributed by atoms with van der Waals surface area (Å²) >= 11 is 0. The molecule has 3 nitrogen and oxygen atoms in total. The lowest BCUT2D eigenvalue weighted by Crippen LogP contribution is -1.98. The van der Waals surface area contributed by atoms with Gasteiger partial charge in [-0.25, -0.2) is 0 Å². The first-order chi connectivity index (χ1) is 14.6. The molecule has 0 bridgehead atoms. The molecule has 0 fully saturated rings. The molecule has 0 aromatic heterocycles. The molecule has 0 saturated carbocycles. The minimum absolute atomic E-state index is 0.301. The van der Waals surface area contributed by atoms with Crippen molar-refractivity contribution in [3.8, 4) is 28.4 Å². The van der Waals surface area contributed by atoms with Crippen molar-refractivity contribution < 1.29 is 14.3 Å². The van der Waals surface area contributed by atoms with Gasteiger partial charge in [-0.1, -0.05) is 44.2 Å². The van der Waals surface area contributed by atoms with Crippen LogP contribution in [0.2, 0.25) is 0 Å². The van der Waals surface area contributed by atoms with E-state index in [-0.39, 0.29) is 0 Å². The minimum atomic E-state index is 0.301. The van der Waals surface area contributed by atoms with Crippen LogP contribution in [0, 0.1) is 0 Å². The third-order valence-electron chi connectivity index (χ3n) is 5.25. The Bertz CT molecular complexity index is 1180. The Hall–Kier alpha value is -3.59. The Labute approximate surface area is 176 Å². The first-order valence-corrected chi connectivity index (χ1v) is 10.0. The highest BCUT2D eigenvalue weighted by Crippen LogP contribution is 2.45. The summed E-state index contributed by atoms with van der Waals surface area (Å²) in [6.45, 7) is 4.38. The van der Waals surface area contributed by atoms with Crippen LogP contribution >= 0.6 is 0 Å². The number of aldehydes is 1. The normalized spacial score (nSPS) is 10.9. The standard InChI is InChI=1S/C27H24O3/c1-18(2)25-16-21-15-23(29-3)13-14-24(21)27(26(25)20-7-5-4-6-8-20)30-22-11-9-19(17-28)10-12-22/h4-18H,1-3H3. The van der Waals surface area contributed by atoms with Gasteiger partial charge >= 0.3 is 0 Å². The van der Waals surface area contributed by atoms with Crippen LogP contribution in [0.25, 0.3) is 21.9 Å². The Kier molecular flexibility index (Phi) is 5.53. The maximum absolute atomic E-state index is 11.0. The highest BCUT2D eigenvalue weighted by atomic mass is 16.5. The first-order valence-electron chi connectivity index (χ1n) is 10.0. The van der Waals surface area contributed by atoms with Gasteiger partial charge in [0.25, 0.3) is 0 Å². The van der Waals surface area contributed by atoms with Gasteiger partial charge in [0, 0.05) is 16.5 Å². The van der Waals surface area contributed by atoms with Crippen LogP contribution < -0.4 is 9.47 Å². The number of hydrogen-bond donors (Lipinski definition) is 0. The van der Waals surface area contributed by atoms with E-state index in [1.54, 1.807) is 19.2 Å². The molecule has 0 aliphatic heterocycles. The van der Waals surface area contributed by atoms with Gasteiger partial charge < -0.3 is 9.47 Å². The predicted molar refractivity (Wildman–Crippen MR) is 122 cm³/mol. The van der Waals surface area contributed by atoms with E-state index >= 15 is 0 Å². The second kappa shape index (κ2) is 8.42. The first kappa shape index (κ1) is 19.7. The van der Waals surface area contributed by atoms with E-state index in [0.717, 1.165) is 39.7 Å². The molecule has 0 saturated heterocycles. The molecular weight excluding hydrogens is 372 g/mol. The van der Waals surface area contributed by atoms with Crippen LogP contribution in [0.5, 0.6) is 17.2 Å². The van der Waals surface area contributed by atoms with Crippen LogP contribution in [0.15, 0.2) is 78.9 Å². The molecule has 0 aliphatic rings. The van der Waals surface area contributed by atoms with Gasteiger partial charge in [0.15, 0.2) is 0 Å². The molecule has 0 spiro atoms. The molecule has 150 valence electrons. The van der Waals surface area contributed by atoms with Crippen molar-refractivity contribution >= 4 is 17.1 Å². The number of carbonyl (C=O) groups excluding carboxylic acids is 1. The average molecular weight is 396 g/mol. The lowest BCUT2D eigenvalue weighted by atomic mass is 9.88. The summed E-state index contributed by atoms with van der Waals surface area (Å²) in [7, 11) is 1.68. The fraction of sp³-hybridized carbons (Fsp3) is 0.148.